The number of carboxylic acid groups (broad SMARTS) is 6. The summed E-state index contributed by atoms with van der Waals surface area (Å²) in [6.07, 6.45) is 12.7. The number of hydrogen-bond acceptors (Lipinski definition) is 18. The summed E-state index contributed by atoms with van der Waals surface area (Å²) < 4.78 is 98.2. The minimum atomic E-state index is -1.10. The van der Waals surface area contributed by atoms with Crippen LogP contribution in [0, 0.1) is 40.8 Å². The standard InChI is InChI=1S/4C17H13BrFN3O2.C17H15BrFN3O2.C16H11BrFN3O2/c1-17(4-5-17)14-7-13(16(23)24)20-15-8-12(21-22(14)15)10-3-2-9(18)6-11(10)19;1-17(5-6-17)13-7-12(16(23)24)20-14-8-11(21-22(13)14)9-3-2-4-10(18)15(9)19;18-11-6-2-5-10(16(11)19)12-8-15-20-13(17(23)24)7-14(22(15)21-12)9-3-1-4-9;18-10-4-5-11(12(19)6-10)13-8-16-20-14(17(23)24)7-15(22(16)21-13)9-2-1-3-9;1-9(2)6-10-7-14(17(23)24)20-15-8-13(21-22(10)15)11-4-3-5-12(18)16(11)19;17-10-3-1-2-9(15(10)18)11-7-14-19-12(16(22)23)6-13(8-4-5-8)21(14)20-11/h2-3,6-8H,4-5H2,1H3,(H,23,24);2-4,7-8H,5-6H2,1H3,(H,23,24);2,5-9H,1,3-4H2,(H,23,24);4-9H,1-3H2,(H,23,24);3-5,7-9H,6H2,1-2H3,(H,23,24);1-3,6-8H,4-5H2,(H,22,23). The van der Waals surface area contributed by atoms with Gasteiger partial charge in [0.15, 0.2) is 68.0 Å². The maximum atomic E-state index is 14.4. The van der Waals surface area contributed by atoms with Gasteiger partial charge in [0.05, 0.1) is 63.4 Å². The lowest BCUT2D eigenvalue weighted by atomic mass is 9.82. The zero-order valence-electron chi connectivity index (χ0n) is 75.5. The van der Waals surface area contributed by atoms with Crippen LogP contribution in [0.1, 0.15) is 220 Å². The van der Waals surface area contributed by atoms with Crippen molar-refractivity contribution >= 4 is 165 Å². The van der Waals surface area contributed by atoms with E-state index in [0.29, 0.717) is 147 Å². The van der Waals surface area contributed by atoms with Gasteiger partial charge in [-0.2, -0.15) is 30.6 Å². The lowest BCUT2D eigenvalue weighted by Crippen LogP contribution is -2.16. The van der Waals surface area contributed by atoms with Crippen LogP contribution in [0.3, 0.4) is 0 Å². The van der Waals surface area contributed by atoms with E-state index < -0.39 is 70.7 Å². The van der Waals surface area contributed by atoms with Gasteiger partial charge < -0.3 is 30.6 Å². The Balaban J connectivity index is 0.000000113. The van der Waals surface area contributed by atoms with Crippen LogP contribution in [-0.2, 0) is 17.3 Å². The Hall–Kier alpha value is -13.7. The molecule has 5 aliphatic rings. The summed E-state index contributed by atoms with van der Waals surface area (Å²) in [6, 6.07) is 48.5. The van der Waals surface area contributed by atoms with Gasteiger partial charge >= 0.3 is 35.8 Å². The van der Waals surface area contributed by atoms with Crippen LogP contribution in [-0.4, -0.2) is 154 Å². The molecule has 12 aromatic heterocycles. The molecule has 5 aliphatic carbocycles. The van der Waals surface area contributed by atoms with Gasteiger partial charge in [0.25, 0.3) is 0 Å². The van der Waals surface area contributed by atoms with Gasteiger partial charge in [-0.3, -0.25) is 0 Å². The predicted molar refractivity (Wildman–Crippen MR) is 535 cm³/mol. The average molecular weight is 2330 g/mol. The monoisotopic (exact) mass is 2320 g/mol. The molecule has 12 heterocycles. The highest BCUT2D eigenvalue weighted by Crippen LogP contribution is 2.50. The molecule has 0 bridgehead atoms. The second kappa shape index (κ2) is 40.3. The zero-order valence-corrected chi connectivity index (χ0v) is 85.1. The van der Waals surface area contributed by atoms with Crippen LogP contribution in [0.2, 0.25) is 0 Å². The van der Waals surface area contributed by atoms with Crippen molar-refractivity contribution < 1.29 is 85.7 Å². The van der Waals surface area contributed by atoms with Crippen molar-refractivity contribution in [1.82, 2.24) is 87.6 Å². The van der Waals surface area contributed by atoms with Crippen molar-refractivity contribution in [1.29, 1.82) is 0 Å². The number of nitrogens with zero attached hydrogens (tertiary/aromatic N) is 18. The third kappa shape index (κ3) is 20.9. The van der Waals surface area contributed by atoms with E-state index >= 15 is 0 Å². The van der Waals surface area contributed by atoms with E-state index in [-0.39, 0.29) is 56.8 Å². The summed E-state index contributed by atoms with van der Waals surface area (Å²) in [7, 11) is 0. The normalized spacial score (nSPS) is 14.4. The van der Waals surface area contributed by atoms with Gasteiger partial charge in [0, 0.05) is 130 Å². The van der Waals surface area contributed by atoms with Crippen molar-refractivity contribution in [2.24, 2.45) is 5.92 Å². The highest BCUT2D eigenvalue weighted by atomic mass is 79.9. The summed E-state index contributed by atoms with van der Waals surface area (Å²) in [5, 5.41) is 82.5. The highest BCUT2D eigenvalue weighted by molar-refractivity contribution is 9.11. The van der Waals surface area contributed by atoms with Crippen molar-refractivity contribution in [3.63, 3.8) is 0 Å². The summed E-state index contributed by atoms with van der Waals surface area (Å²) in [5.74, 6) is -7.75. The number of aromatic carboxylic acids is 6. The Labute approximate surface area is 857 Å². The van der Waals surface area contributed by atoms with Gasteiger partial charge in [-0.05, 0) is 262 Å². The fourth-order valence-corrected chi connectivity index (χ4v) is 18.7. The van der Waals surface area contributed by atoms with Crippen LogP contribution in [0.4, 0.5) is 26.3 Å². The van der Waals surface area contributed by atoms with E-state index in [0.717, 1.165) is 111 Å². The lowest BCUT2D eigenvalue weighted by molar-refractivity contribution is 0.0679. The number of hydrogen-bond donors (Lipinski definition) is 6. The smallest absolute Gasteiger partial charge is 0.354 e. The first kappa shape index (κ1) is 99.5. The molecule has 0 radical (unpaired) electrons. The van der Waals surface area contributed by atoms with Crippen LogP contribution in [0.15, 0.2) is 209 Å². The van der Waals surface area contributed by atoms with E-state index in [2.05, 4.69) is 170 Å². The van der Waals surface area contributed by atoms with Crippen LogP contribution in [0.5, 0.6) is 0 Å². The number of aromatic nitrogens is 18. The molecule has 728 valence electrons. The highest BCUT2D eigenvalue weighted by Gasteiger charge is 2.44. The topological polar surface area (TPSA) is 405 Å². The summed E-state index contributed by atoms with van der Waals surface area (Å²) >= 11 is 19.1. The molecule has 0 saturated heterocycles. The molecule has 0 spiro atoms. The van der Waals surface area contributed by atoms with Gasteiger partial charge in [0.1, 0.15) is 34.9 Å². The maximum Gasteiger partial charge on any atom is 0.354 e. The molecule has 0 amide bonds. The van der Waals surface area contributed by atoms with Gasteiger partial charge in [-0.15, -0.1) is 0 Å². The van der Waals surface area contributed by atoms with E-state index in [9.17, 15) is 85.7 Å². The number of carbonyl (C=O) groups is 6. The Bertz CT molecular complexity index is 8260. The van der Waals surface area contributed by atoms with Gasteiger partial charge in [-0.25, -0.2) is 112 Å². The Morgan fingerprint density at radius 2 is 0.573 bits per heavy atom. The van der Waals surface area contributed by atoms with E-state index in [1.54, 1.807) is 191 Å². The van der Waals surface area contributed by atoms with Crippen molar-refractivity contribution in [2.75, 3.05) is 0 Å². The molecule has 0 unspecified atom stereocenters. The van der Waals surface area contributed by atoms with E-state index in [1.165, 1.54) is 18.2 Å². The molecule has 0 aliphatic heterocycles. The molecule has 42 heteroatoms. The molecular weight excluding hydrogens is 2250 g/mol. The number of benzene rings is 6. The molecule has 5 fully saturated rings. The third-order valence-corrected chi connectivity index (χ3v) is 28.7. The first-order valence-electron chi connectivity index (χ1n) is 44.8. The Kier molecular flexibility index (Phi) is 28.0. The SMILES string of the molecule is CC(C)Cc1cc(C(=O)O)nc2cc(-c3cccc(Br)c3F)nn12.CC1(c2cc(C(=O)O)nc3cc(-c4ccc(Br)cc4F)nn23)CC1.CC1(c2cc(C(=O)O)nc3cc(-c4cccc(Br)c4F)nn23)CC1.O=C(O)c1cc(C2CC2)n2nc(-c3cccc(Br)c3F)cc2n1.O=C(O)c1cc(C2CCC2)n2nc(-c3ccc(Br)cc3F)cc2n1.O=C(O)c1cc(C2CCC2)n2nc(-c3cccc(Br)c3F)cc2n1. The number of fused-ring (bicyclic) bond motifs is 6. The van der Waals surface area contributed by atoms with E-state index in [1.807, 2.05) is 13.8 Å². The Morgan fingerprint density at radius 1 is 0.322 bits per heavy atom. The molecule has 5 saturated carbocycles. The predicted octanol–water partition coefficient (Wildman–Crippen LogP) is 24.7. The fraction of sp³-hybridized carbons (Fsp3) is 0.228. The molecule has 6 aromatic carbocycles. The molecule has 18 aromatic rings. The second-order valence-corrected chi connectivity index (χ2v) is 41.2. The van der Waals surface area contributed by atoms with Crippen LogP contribution in [0.25, 0.3) is 101 Å². The second-order valence-electron chi connectivity index (χ2n) is 35.9. The largest absolute Gasteiger partial charge is 0.477 e. The molecule has 23 rings (SSSR count). The van der Waals surface area contributed by atoms with Gasteiger partial charge in [0.2, 0.25) is 0 Å². The quantitative estimate of drug-likeness (QED) is 0.0409. The Morgan fingerprint density at radius 3 is 0.832 bits per heavy atom. The van der Waals surface area contributed by atoms with Crippen LogP contribution < -0.4 is 0 Å². The van der Waals surface area contributed by atoms with Gasteiger partial charge in [-0.1, -0.05) is 96.7 Å². The summed E-state index contributed by atoms with van der Waals surface area (Å²) in [5.41, 5.74) is 11.6. The van der Waals surface area contributed by atoms with E-state index in [4.69, 9.17) is 0 Å². The first-order valence-corrected chi connectivity index (χ1v) is 49.5. The summed E-state index contributed by atoms with van der Waals surface area (Å²) in [6.45, 7) is 8.19. The van der Waals surface area contributed by atoms with Crippen molar-refractivity contribution in [2.45, 2.75) is 140 Å². The minimum absolute atomic E-state index is 0.00729. The minimum Gasteiger partial charge on any atom is -0.477 e. The average Bonchev–Trinajstić information content (AvgIpc) is 1.59. The lowest BCUT2D eigenvalue weighted by Gasteiger charge is -2.26. The molecule has 143 heavy (non-hydrogen) atoms. The first-order chi connectivity index (χ1) is 68.2. The third-order valence-electron chi connectivity index (χ3n) is 25.3. The van der Waals surface area contributed by atoms with Crippen molar-refractivity contribution in [3.05, 3.63) is 312 Å². The molecular formula is C101H78Br6F6N18O12. The zero-order chi connectivity index (χ0) is 101. The van der Waals surface area contributed by atoms with Crippen molar-refractivity contribution in [3.8, 4) is 67.5 Å². The molecule has 30 nitrogen and oxygen atoms in total. The van der Waals surface area contributed by atoms with Crippen LogP contribution >= 0.6 is 95.6 Å². The number of carboxylic acids is 6. The maximum absolute atomic E-state index is 14.4. The fourth-order valence-electron chi connectivity index (χ4n) is 16.6. The summed E-state index contributed by atoms with van der Waals surface area (Å²) in [4.78, 5) is 92.7. The molecule has 6 N–H and O–H groups in total. The number of rotatable bonds is 19. The number of halogens is 12. The molecule has 0 atom stereocenters.